The fraction of sp³-hybridized carbons (Fsp3) is 0.333. The van der Waals surface area contributed by atoms with Gasteiger partial charge in [-0.25, -0.2) is 0 Å². The molecule has 1 saturated carbocycles. The van der Waals surface area contributed by atoms with Crippen LogP contribution in [0.25, 0.3) is 11.3 Å². The molecule has 1 aliphatic carbocycles. The summed E-state index contributed by atoms with van der Waals surface area (Å²) in [7, 11) is 1.61. The van der Waals surface area contributed by atoms with Gasteiger partial charge in [0.2, 0.25) is 0 Å². The van der Waals surface area contributed by atoms with Crippen molar-refractivity contribution in [2.24, 2.45) is 5.92 Å². The van der Waals surface area contributed by atoms with Gasteiger partial charge in [0.25, 0.3) is 5.91 Å². The Morgan fingerprint density at radius 2 is 2.33 bits per heavy atom. The van der Waals surface area contributed by atoms with Crippen LogP contribution in [0, 0.1) is 5.92 Å². The van der Waals surface area contributed by atoms with Gasteiger partial charge in [-0.2, -0.15) is 4.37 Å². The van der Waals surface area contributed by atoms with E-state index in [-0.39, 0.29) is 5.91 Å². The van der Waals surface area contributed by atoms with Gasteiger partial charge < -0.3 is 15.8 Å². The van der Waals surface area contributed by atoms with E-state index in [2.05, 4.69) is 9.69 Å². The fourth-order valence-electron chi connectivity index (χ4n) is 2.08. The van der Waals surface area contributed by atoms with Crippen molar-refractivity contribution in [3.05, 3.63) is 29.1 Å². The number of nitrogens with zero attached hydrogens (tertiary/aromatic N) is 1. The Hall–Kier alpha value is -2.08. The van der Waals surface area contributed by atoms with Crippen molar-refractivity contribution in [2.75, 3.05) is 19.4 Å². The van der Waals surface area contributed by atoms with Crippen molar-refractivity contribution < 1.29 is 9.53 Å². The zero-order chi connectivity index (χ0) is 14.8. The number of methoxy groups -OCH3 is 1. The molecule has 110 valence electrons. The number of hydrogen-bond acceptors (Lipinski definition) is 5. The number of amides is 1. The number of hydrogen-bond donors (Lipinski definition) is 2. The minimum atomic E-state index is -0.133. The summed E-state index contributed by atoms with van der Waals surface area (Å²) >= 11 is 1.14. The third kappa shape index (κ3) is 3.00. The average molecular weight is 303 g/mol. The van der Waals surface area contributed by atoms with Crippen LogP contribution in [0.4, 0.5) is 5.69 Å². The molecule has 3 rings (SSSR count). The molecule has 0 atom stereocenters. The van der Waals surface area contributed by atoms with Crippen molar-refractivity contribution in [2.45, 2.75) is 12.8 Å². The molecule has 1 aliphatic rings. The molecule has 1 aromatic heterocycles. The maximum Gasteiger partial charge on any atom is 0.265 e. The van der Waals surface area contributed by atoms with E-state index in [1.807, 2.05) is 24.3 Å². The van der Waals surface area contributed by atoms with Crippen LogP contribution in [-0.2, 0) is 0 Å². The van der Waals surface area contributed by atoms with Gasteiger partial charge in [-0.15, -0.1) is 0 Å². The Labute approximate surface area is 127 Å². The molecular weight excluding hydrogens is 286 g/mol. The second-order valence-electron chi connectivity index (χ2n) is 5.16. The summed E-state index contributed by atoms with van der Waals surface area (Å²) in [6.07, 6.45) is 2.40. The van der Waals surface area contributed by atoms with Crippen LogP contribution >= 0.6 is 11.5 Å². The van der Waals surface area contributed by atoms with E-state index in [0.717, 1.165) is 29.4 Å². The summed E-state index contributed by atoms with van der Waals surface area (Å²) in [5, 5.41) is 2.92. The predicted molar refractivity (Wildman–Crippen MR) is 83.6 cm³/mol. The van der Waals surface area contributed by atoms with Gasteiger partial charge in [0, 0.05) is 12.1 Å². The van der Waals surface area contributed by atoms with Gasteiger partial charge in [0.05, 0.1) is 12.8 Å². The Kier molecular flexibility index (Phi) is 3.79. The van der Waals surface area contributed by atoms with Crippen LogP contribution in [0.1, 0.15) is 22.5 Å². The highest BCUT2D eigenvalue weighted by Crippen LogP contribution is 2.33. The van der Waals surface area contributed by atoms with E-state index < -0.39 is 0 Å². The van der Waals surface area contributed by atoms with Gasteiger partial charge in [-0.1, -0.05) is 12.1 Å². The lowest BCUT2D eigenvalue weighted by Gasteiger charge is -2.04. The topological polar surface area (TPSA) is 77.2 Å². The zero-order valence-electron chi connectivity index (χ0n) is 11.8. The smallest absolute Gasteiger partial charge is 0.265 e. The largest absolute Gasteiger partial charge is 0.497 e. The number of ether oxygens (including phenoxy) is 1. The second-order valence-corrected chi connectivity index (χ2v) is 5.93. The molecule has 0 radical (unpaired) electrons. The lowest BCUT2D eigenvalue weighted by molar-refractivity contribution is 0.0956. The molecule has 1 fully saturated rings. The van der Waals surface area contributed by atoms with E-state index in [0.29, 0.717) is 22.2 Å². The minimum Gasteiger partial charge on any atom is -0.497 e. The van der Waals surface area contributed by atoms with Crippen LogP contribution in [0.3, 0.4) is 0 Å². The number of anilines is 1. The van der Waals surface area contributed by atoms with E-state index in [9.17, 15) is 4.79 Å². The number of nitrogens with one attached hydrogen (secondary N) is 1. The normalized spacial score (nSPS) is 14.0. The summed E-state index contributed by atoms with van der Waals surface area (Å²) in [5.74, 6) is 1.24. The summed E-state index contributed by atoms with van der Waals surface area (Å²) in [5.41, 5.74) is 8.01. The van der Waals surface area contributed by atoms with Crippen LogP contribution in [0.15, 0.2) is 24.3 Å². The molecule has 5 nitrogen and oxygen atoms in total. The van der Waals surface area contributed by atoms with Crippen molar-refractivity contribution >= 4 is 23.1 Å². The highest BCUT2D eigenvalue weighted by molar-refractivity contribution is 7.09. The van der Waals surface area contributed by atoms with E-state index in [4.69, 9.17) is 10.5 Å². The highest BCUT2D eigenvalue weighted by atomic mass is 32.1. The zero-order valence-corrected chi connectivity index (χ0v) is 12.6. The molecule has 3 N–H and O–H groups in total. The van der Waals surface area contributed by atoms with E-state index in [1.165, 1.54) is 12.8 Å². The molecule has 0 aliphatic heterocycles. The number of nitrogen functional groups attached to an aromatic ring is 1. The van der Waals surface area contributed by atoms with Gasteiger partial charge in [0.1, 0.15) is 16.3 Å². The van der Waals surface area contributed by atoms with Gasteiger partial charge >= 0.3 is 0 Å². The monoisotopic (exact) mass is 303 g/mol. The Bertz CT molecular complexity index is 665. The van der Waals surface area contributed by atoms with Gasteiger partial charge in [-0.3, -0.25) is 4.79 Å². The molecule has 0 unspecified atom stereocenters. The number of carbonyl (C=O) groups is 1. The maximum absolute atomic E-state index is 12.1. The minimum absolute atomic E-state index is 0.133. The Morgan fingerprint density at radius 1 is 1.52 bits per heavy atom. The second kappa shape index (κ2) is 5.73. The SMILES string of the molecule is COc1cccc(-c2nsc(C(=O)NCC3CC3)c2N)c1. The van der Waals surface area contributed by atoms with Gasteiger partial charge in [0.15, 0.2) is 0 Å². The van der Waals surface area contributed by atoms with E-state index >= 15 is 0 Å². The third-order valence-electron chi connectivity index (χ3n) is 3.53. The van der Waals surface area contributed by atoms with E-state index in [1.54, 1.807) is 7.11 Å². The highest BCUT2D eigenvalue weighted by Gasteiger charge is 2.24. The lowest BCUT2D eigenvalue weighted by Crippen LogP contribution is -2.25. The lowest BCUT2D eigenvalue weighted by atomic mass is 10.1. The molecule has 0 saturated heterocycles. The van der Waals surface area contributed by atoms with Gasteiger partial charge in [-0.05, 0) is 42.4 Å². The number of rotatable bonds is 5. The number of benzene rings is 1. The van der Waals surface area contributed by atoms with Crippen molar-refractivity contribution in [1.29, 1.82) is 0 Å². The number of aromatic nitrogens is 1. The van der Waals surface area contributed by atoms with Crippen LogP contribution in [-0.4, -0.2) is 23.9 Å². The first-order chi connectivity index (χ1) is 10.2. The first-order valence-corrected chi connectivity index (χ1v) is 7.64. The Morgan fingerprint density at radius 3 is 3.05 bits per heavy atom. The molecule has 1 amide bonds. The first-order valence-electron chi connectivity index (χ1n) is 6.87. The molecule has 2 aromatic rings. The molecule has 6 heteroatoms. The van der Waals surface area contributed by atoms with Crippen LogP contribution in [0.5, 0.6) is 5.75 Å². The summed E-state index contributed by atoms with van der Waals surface area (Å²) in [4.78, 5) is 12.6. The van der Waals surface area contributed by atoms with Crippen molar-refractivity contribution in [3.8, 4) is 17.0 Å². The first kappa shape index (κ1) is 13.9. The standard InChI is InChI=1S/C15H17N3O2S/c1-20-11-4-2-3-10(7-11)13-12(16)14(21-18-13)15(19)17-8-9-5-6-9/h2-4,7,9H,5-6,8,16H2,1H3,(H,17,19). The van der Waals surface area contributed by atoms with Crippen LogP contribution < -0.4 is 15.8 Å². The summed E-state index contributed by atoms with van der Waals surface area (Å²) in [6.45, 7) is 0.727. The fourth-order valence-corrected chi connectivity index (χ4v) is 2.82. The number of nitrogens with two attached hydrogens (primary N) is 1. The molecule has 1 heterocycles. The number of carbonyl (C=O) groups excluding carboxylic acids is 1. The van der Waals surface area contributed by atoms with Crippen LogP contribution in [0.2, 0.25) is 0 Å². The quantitative estimate of drug-likeness (QED) is 0.890. The third-order valence-corrected chi connectivity index (χ3v) is 4.39. The molecule has 21 heavy (non-hydrogen) atoms. The summed E-state index contributed by atoms with van der Waals surface area (Å²) < 4.78 is 9.52. The predicted octanol–water partition coefficient (Wildman–Crippen LogP) is 2.54. The summed E-state index contributed by atoms with van der Waals surface area (Å²) in [6, 6.07) is 7.49. The maximum atomic E-state index is 12.1. The molecule has 0 spiro atoms. The average Bonchev–Trinajstić information content (AvgIpc) is 3.26. The van der Waals surface area contributed by atoms with Crippen molar-refractivity contribution in [1.82, 2.24) is 9.69 Å². The van der Waals surface area contributed by atoms with Crippen molar-refractivity contribution in [3.63, 3.8) is 0 Å². The molecule has 1 aromatic carbocycles. The Balaban J connectivity index is 1.81. The molecule has 0 bridgehead atoms. The molecular formula is C15H17N3O2S.